The molecule has 2 aromatic rings. The summed E-state index contributed by atoms with van der Waals surface area (Å²) in [5.41, 5.74) is 2.43. The standard InChI is InChI=1S/C18H20ClNO/c1-2-20-18(13-6-8-15(19)9-7-13)14-4-3-5-17(12-14)21-16-10-11-16/h3-9,12,16,18,20H,2,10-11H2,1H3. The van der Waals surface area contributed by atoms with Gasteiger partial charge >= 0.3 is 0 Å². The normalized spacial score (nSPS) is 15.7. The molecule has 0 aromatic heterocycles. The van der Waals surface area contributed by atoms with Crippen LogP contribution in [-0.4, -0.2) is 12.6 Å². The summed E-state index contributed by atoms with van der Waals surface area (Å²) < 4.78 is 5.90. The Balaban J connectivity index is 1.86. The van der Waals surface area contributed by atoms with Crippen molar-refractivity contribution in [1.29, 1.82) is 0 Å². The van der Waals surface area contributed by atoms with Crippen LogP contribution < -0.4 is 10.1 Å². The van der Waals surface area contributed by atoms with Crippen molar-refractivity contribution < 1.29 is 4.74 Å². The van der Waals surface area contributed by atoms with Crippen molar-refractivity contribution in [1.82, 2.24) is 5.32 Å². The lowest BCUT2D eigenvalue weighted by Gasteiger charge is -2.20. The number of nitrogens with one attached hydrogen (secondary N) is 1. The Hall–Kier alpha value is -1.51. The maximum absolute atomic E-state index is 5.99. The summed E-state index contributed by atoms with van der Waals surface area (Å²) in [5, 5.41) is 4.30. The Labute approximate surface area is 131 Å². The summed E-state index contributed by atoms with van der Waals surface area (Å²) in [6.45, 7) is 3.02. The fraction of sp³-hybridized carbons (Fsp3) is 0.333. The summed E-state index contributed by atoms with van der Waals surface area (Å²) in [7, 11) is 0. The quantitative estimate of drug-likeness (QED) is 0.843. The monoisotopic (exact) mass is 301 g/mol. The number of hydrogen-bond acceptors (Lipinski definition) is 2. The van der Waals surface area contributed by atoms with Crippen LogP contribution in [0.2, 0.25) is 5.02 Å². The van der Waals surface area contributed by atoms with Gasteiger partial charge < -0.3 is 10.1 Å². The Morgan fingerprint density at radius 2 is 1.90 bits per heavy atom. The molecule has 0 heterocycles. The Morgan fingerprint density at radius 3 is 2.57 bits per heavy atom. The van der Waals surface area contributed by atoms with E-state index in [0.717, 1.165) is 17.3 Å². The van der Waals surface area contributed by atoms with Gasteiger partial charge in [0, 0.05) is 5.02 Å². The molecule has 0 spiro atoms. The molecule has 0 saturated heterocycles. The third-order valence-electron chi connectivity index (χ3n) is 3.63. The minimum atomic E-state index is 0.162. The summed E-state index contributed by atoms with van der Waals surface area (Å²) in [5.74, 6) is 0.965. The molecule has 110 valence electrons. The van der Waals surface area contributed by atoms with E-state index in [2.05, 4.69) is 42.6 Å². The Bertz CT molecular complexity index is 592. The Morgan fingerprint density at radius 1 is 1.14 bits per heavy atom. The summed E-state index contributed by atoms with van der Waals surface area (Å²) in [6.07, 6.45) is 2.78. The molecule has 3 rings (SSSR count). The number of halogens is 1. The summed E-state index contributed by atoms with van der Waals surface area (Å²) in [6, 6.07) is 16.6. The molecule has 1 fully saturated rings. The minimum absolute atomic E-state index is 0.162. The van der Waals surface area contributed by atoms with E-state index in [1.807, 2.05) is 18.2 Å². The predicted octanol–water partition coefficient (Wildman–Crippen LogP) is 4.58. The second-order valence-corrected chi connectivity index (χ2v) is 5.87. The number of benzene rings is 2. The number of ether oxygens (including phenoxy) is 1. The van der Waals surface area contributed by atoms with Gasteiger partial charge in [-0.3, -0.25) is 0 Å². The largest absolute Gasteiger partial charge is 0.490 e. The SMILES string of the molecule is CCNC(c1ccc(Cl)cc1)c1cccc(OC2CC2)c1. The number of rotatable bonds is 6. The molecule has 3 heteroatoms. The first-order valence-corrected chi connectivity index (χ1v) is 7.89. The molecule has 0 aliphatic heterocycles. The highest BCUT2D eigenvalue weighted by atomic mass is 35.5. The average molecular weight is 302 g/mol. The fourth-order valence-corrected chi connectivity index (χ4v) is 2.56. The van der Waals surface area contributed by atoms with Gasteiger partial charge in [-0.05, 0) is 54.8 Å². The first-order valence-electron chi connectivity index (χ1n) is 7.51. The Kier molecular flexibility index (Phi) is 4.47. The van der Waals surface area contributed by atoms with Crippen molar-refractivity contribution in [2.75, 3.05) is 6.54 Å². The van der Waals surface area contributed by atoms with Gasteiger partial charge in [0.2, 0.25) is 0 Å². The van der Waals surface area contributed by atoms with Gasteiger partial charge in [-0.25, -0.2) is 0 Å². The van der Waals surface area contributed by atoms with Crippen molar-refractivity contribution >= 4 is 11.6 Å². The van der Waals surface area contributed by atoms with E-state index in [1.165, 1.54) is 24.0 Å². The molecule has 1 aliphatic carbocycles. The molecule has 1 unspecified atom stereocenters. The van der Waals surface area contributed by atoms with Gasteiger partial charge in [-0.15, -0.1) is 0 Å². The lowest BCUT2D eigenvalue weighted by molar-refractivity contribution is 0.302. The van der Waals surface area contributed by atoms with E-state index >= 15 is 0 Å². The zero-order valence-electron chi connectivity index (χ0n) is 12.2. The molecule has 1 aliphatic rings. The van der Waals surface area contributed by atoms with Gasteiger partial charge in [0.1, 0.15) is 5.75 Å². The lowest BCUT2D eigenvalue weighted by atomic mass is 9.98. The van der Waals surface area contributed by atoms with Gasteiger partial charge in [-0.1, -0.05) is 42.8 Å². The van der Waals surface area contributed by atoms with E-state index in [-0.39, 0.29) is 6.04 Å². The van der Waals surface area contributed by atoms with Crippen LogP contribution in [0.4, 0.5) is 0 Å². The first-order chi connectivity index (χ1) is 10.3. The third kappa shape index (κ3) is 3.78. The molecule has 0 bridgehead atoms. The highest BCUT2D eigenvalue weighted by Crippen LogP contribution is 2.30. The maximum atomic E-state index is 5.99. The molecular formula is C18H20ClNO. The first kappa shape index (κ1) is 14.4. The molecule has 0 radical (unpaired) electrons. The van der Waals surface area contributed by atoms with Crippen molar-refractivity contribution in [3.8, 4) is 5.75 Å². The predicted molar refractivity (Wildman–Crippen MR) is 87.1 cm³/mol. The molecule has 21 heavy (non-hydrogen) atoms. The highest BCUT2D eigenvalue weighted by molar-refractivity contribution is 6.30. The maximum Gasteiger partial charge on any atom is 0.120 e. The van der Waals surface area contributed by atoms with Crippen LogP contribution in [0.15, 0.2) is 48.5 Å². The molecule has 1 N–H and O–H groups in total. The van der Waals surface area contributed by atoms with Crippen LogP contribution in [0.5, 0.6) is 5.75 Å². The summed E-state index contributed by atoms with van der Waals surface area (Å²) in [4.78, 5) is 0. The second kappa shape index (κ2) is 6.50. The van der Waals surface area contributed by atoms with E-state index in [4.69, 9.17) is 16.3 Å². The highest BCUT2D eigenvalue weighted by Gasteiger charge is 2.23. The second-order valence-electron chi connectivity index (χ2n) is 5.43. The van der Waals surface area contributed by atoms with Crippen molar-refractivity contribution in [2.24, 2.45) is 0 Å². The number of hydrogen-bond donors (Lipinski definition) is 1. The average Bonchev–Trinajstić information content (AvgIpc) is 3.30. The zero-order valence-corrected chi connectivity index (χ0v) is 12.9. The third-order valence-corrected chi connectivity index (χ3v) is 3.88. The molecule has 2 aromatic carbocycles. The smallest absolute Gasteiger partial charge is 0.120 e. The van der Waals surface area contributed by atoms with Crippen LogP contribution >= 0.6 is 11.6 Å². The zero-order chi connectivity index (χ0) is 14.7. The van der Waals surface area contributed by atoms with Crippen LogP contribution in [0.1, 0.15) is 36.9 Å². The van der Waals surface area contributed by atoms with Gasteiger partial charge in [0.05, 0.1) is 12.1 Å². The molecule has 1 saturated carbocycles. The molecule has 0 amide bonds. The van der Waals surface area contributed by atoms with Crippen LogP contribution in [-0.2, 0) is 0 Å². The van der Waals surface area contributed by atoms with Crippen molar-refractivity contribution in [3.63, 3.8) is 0 Å². The topological polar surface area (TPSA) is 21.3 Å². The van der Waals surface area contributed by atoms with E-state index in [9.17, 15) is 0 Å². The van der Waals surface area contributed by atoms with E-state index in [0.29, 0.717) is 6.10 Å². The van der Waals surface area contributed by atoms with Crippen molar-refractivity contribution in [3.05, 3.63) is 64.7 Å². The fourth-order valence-electron chi connectivity index (χ4n) is 2.43. The van der Waals surface area contributed by atoms with Gasteiger partial charge in [0.25, 0.3) is 0 Å². The van der Waals surface area contributed by atoms with Crippen molar-refractivity contribution in [2.45, 2.75) is 31.9 Å². The van der Waals surface area contributed by atoms with Gasteiger partial charge in [0.15, 0.2) is 0 Å². The van der Waals surface area contributed by atoms with Crippen LogP contribution in [0.25, 0.3) is 0 Å². The van der Waals surface area contributed by atoms with E-state index in [1.54, 1.807) is 0 Å². The van der Waals surface area contributed by atoms with E-state index < -0.39 is 0 Å². The molecular weight excluding hydrogens is 282 g/mol. The van der Waals surface area contributed by atoms with Crippen LogP contribution in [0, 0.1) is 0 Å². The molecule has 2 nitrogen and oxygen atoms in total. The van der Waals surface area contributed by atoms with Crippen LogP contribution in [0.3, 0.4) is 0 Å². The molecule has 1 atom stereocenters. The minimum Gasteiger partial charge on any atom is -0.490 e. The lowest BCUT2D eigenvalue weighted by Crippen LogP contribution is -2.22. The van der Waals surface area contributed by atoms with Gasteiger partial charge in [-0.2, -0.15) is 0 Å². The summed E-state index contributed by atoms with van der Waals surface area (Å²) >= 11 is 5.99.